The Hall–Kier alpha value is -0.200. The van der Waals surface area contributed by atoms with Gasteiger partial charge in [0.25, 0.3) is 0 Å². The predicted octanol–water partition coefficient (Wildman–Crippen LogP) is -0.784. The van der Waals surface area contributed by atoms with Crippen LogP contribution in [-0.2, 0) is 14.2 Å². The van der Waals surface area contributed by atoms with Gasteiger partial charge >= 0.3 is 0 Å². The number of hydrogen-bond acceptors (Lipinski definition) is 5. The number of ether oxygens (including phenoxy) is 3. The van der Waals surface area contributed by atoms with Crippen LogP contribution >= 0.6 is 0 Å². The van der Waals surface area contributed by atoms with Crippen molar-refractivity contribution in [3.8, 4) is 0 Å². The SMILES string of the molecule is CC1(C)OCC2OC(O)C(O)C2O1. The van der Waals surface area contributed by atoms with E-state index >= 15 is 0 Å². The Morgan fingerprint density at radius 2 is 2.00 bits per heavy atom. The van der Waals surface area contributed by atoms with Crippen LogP contribution in [0.15, 0.2) is 0 Å². The van der Waals surface area contributed by atoms with Crippen LogP contribution in [0.5, 0.6) is 0 Å². The van der Waals surface area contributed by atoms with E-state index in [4.69, 9.17) is 14.2 Å². The van der Waals surface area contributed by atoms with E-state index < -0.39 is 24.3 Å². The van der Waals surface area contributed by atoms with E-state index in [1.54, 1.807) is 13.8 Å². The fraction of sp³-hybridized carbons (Fsp3) is 1.00. The number of rotatable bonds is 0. The topological polar surface area (TPSA) is 68.2 Å². The molecule has 13 heavy (non-hydrogen) atoms. The molecule has 0 saturated carbocycles. The molecule has 2 N–H and O–H groups in total. The maximum absolute atomic E-state index is 9.47. The standard InChI is InChI=1S/C8H14O5/c1-8(2)11-3-4-6(13-8)5(9)7(10)12-4/h4-7,9-10H,3H2,1-2H3. The van der Waals surface area contributed by atoms with Crippen LogP contribution < -0.4 is 0 Å². The second-order valence-electron chi connectivity index (χ2n) is 3.85. The summed E-state index contributed by atoms with van der Waals surface area (Å²) in [6, 6.07) is 0. The molecule has 5 nitrogen and oxygen atoms in total. The Morgan fingerprint density at radius 3 is 2.69 bits per heavy atom. The molecular weight excluding hydrogens is 176 g/mol. The second kappa shape index (κ2) is 2.90. The lowest BCUT2D eigenvalue weighted by Crippen LogP contribution is -2.50. The van der Waals surface area contributed by atoms with Crippen molar-refractivity contribution in [2.75, 3.05) is 6.61 Å². The minimum Gasteiger partial charge on any atom is -0.385 e. The third-order valence-electron chi connectivity index (χ3n) is 2.32. The molecule has 0 aliphatic carbocycles. The largest absolute Gasteiger partial charge is 0.385 e. The van der Waals surface area contributed by atoms with Crippen molar-refractivity contribution in [2.45, 2.75) is 44.2 Å². The van der Waals surface area contributed by atoms with Crippen LogP contribution in [0, 0.1) is 0 Å². The lowest BCUT2D eigenvalue weighted by molar-refractivity contribution is -0.300. The van der Waals surface area contributed by atoms with Gasteiger partial charge in [-0.05, 0) is 13.8 Å². The molecule has 4 unspecified atom stereocenters. The first-order valence-electron chi connectivity index (χ1n) is 4.33. The third kappa shape index (κ3) is 1.58. The molecule has 2 aliphatic heterocycles. The highest BCUT2D eigenvalue weighted by molar-refractivity contribution is 4.90. The van der Waals surface area contributed by atoms with Crippen LogP contribution in [0.25, 0.3) is 0 Å². The predicted molar refractivity (Wildman–Crippen MR) is 41.8 cm³/mol. The summed E-state index contributed by atoms with van der Waals surface area (Å²) in [4.78, 5) is 0. The molecule has 5 heteroatoms. The summed E-state index contributed by atoms with van der Waals surface area (Å²) in [6.45, 7) is 3.87. The first-order chi connectivity index (χ1) is 5.99. The minimum atomic E-state index is -1.16. The Labute approximate surface area is 76.2 Å². The van der Waals surface area contributed by atoms with Gasteiger partial charge in [-0.25, -0.2) is 0 Å². The number of fused-ring (bicyclic) bond motifs is 1. The maximum Gasteiger partial charge on any atom is 0.184 e. The van der Waals surface area contributed by atoms with Gasteiger partial charge in [0, 0.05) is 0 Å². The molecule has 2 heterocycles. The minimum absolute atomic E-state index is 0.339. The molecule has 2 saturated heterocycles. The van der Waals surface area contributed by atoms with E-state index in [0.29, 0.717) is 6.61 Å². The van der Waals surface area contributed by atoms with Crippen molar-refractivity contribution in [3.05, 3.63) is 0 Å². The summed E-state index contributed by atoms with van der Waals surface area (Å²) in [5.74, 6) is -0.713. The first-order valence-corrected chi connectivity index (χ1v) is 4.33. The van der Waals surface area contributed by atoms with Gasteiger partial charge in [0.05, 0.1) is 6.61 Å². The van der Waals surface area contributed by atoms with Crippen molar-refractivity contribution in [3.63, 3.8) is 0 Å². The summed E-state index contributed by atoms with van der Waals surface area (Å²) in [6.07, 6.45) is -2.99. The molecule has 4 atom stereocenters. The third-order valence-corrected chi connectivity index (χ3v) is 2.32. The van der Waals surface area contributed by atoms with Gasteiger partial charge in [0.2, 0.25) is 0 Å². The lowest BCUT2D eigenvalue weighted by Gasteiger charge is -2.37. The van der Waals surface area contributed by atoms with Crippen LogP contribution in [0.4, 0.5) is 0 Å². The van der Waals surface area contributed by atoms with Gasteiger partial charge in [-0.1, -0.05) is 0 Å². The van der Waals surface area contributed by atoms with Crippen molar-refractivity contribution in [1.29, 1.82) is 0 Å². The van der Waals surface area contributed by atoms with E-state index in [-0.39, 0.29) is 6.10 Å². The lowest BCUT2D eigenvalue weighted by atomic mass is 10.1. The van der Waals surface area contributed by atoms with Gasteiger partial charge in [-0.15, -0.1) is 0 Å². The van der Waals surface area contributed by atoms with E-state index in [9.17, 15) is 10.2 Å². The van der Waals surface area contributed by atoms with Gasteiger partial charge in [0.1, 0.15) is 18.3 Å². The summed E-state index contributed by atoms with van der Waals surface area (Å²) in [5, 5.41) is 18.7. The van der Waals surface area contributed by atoms with Crippen LogP contribution in [-0.4, -0.2) is 47.2 Å². The fourth-order valence-electron chi connectivity index (χ4n) is 1.64. The molecule has 0 aromatic heterocycles. The highest BCUT2D eigenvalue weighted by Crippen LogP contribution is 2.32. The Morgan fingerprint density at radius 1 is 1.31 bits per heavy atom. The highest BCUT2D eigenvalue weighted by Gasteiger charge is 2.49. The van der Waals surface area contributed by atoms with Gasteiger partial charge in [-0.2, -0.15) is 0 Å². The van der Waals surface area contributed by atoms with E-state index in [2.05, 4.69) is 0 Å². The Kier molecular flexibility index (Phi) is 2.08. The van der Waals surface area contributed by atoms with Crippen molar-refractivity contribution < 1.29 is 24.4 Å². The van der Waals surface area contributed by atoms with E-state index in [1.165, 1.54) is 0 Å². The van der Waals surface area contributed by atoms with Gasteiger partial charge in [-0.3, -0.25) is 0 Å². The Bertz CT molecular complexity index is 205. The van der Waals surface area contributed by atoms with Crippen LogP contribution in [0.1, 0.15) is 13.8 Å². The fourth-order valence-corrected chi connectivity index (χ4v) is 1.64. The average Bonchev–Trinajstić information content (AvgIpc) is 2.29. The molecular formula is C8H14O5. The molecule has 0 aromatic rings. The average molecular weight is 190 g/mol. The van der Waals surface area contributed by atoms with E-state index in [1.807, 2.05) is 0 Å². The number of aliphatic hydroxyl groups is 2. The van der Waals surface area contributed by atoms with Gasteiger partial charge in [0.15, 0.2) is 12.1 Å². The van der Waals surface area contributed by atoms with Gasteiger partial charge < -0.3 is 24.4 Å². The molecule has 2 rings (SSSR count). The molecule has 76 valence electrons. The monoisotopic (exact) mass is 190 g/mol. The molecule has 2 fully saturated rings. The molecule has 0 aromatic carbocycles. The zero-order valence-corrected chi connectivity index (χ0v) is 7.64. The maximum atomic E-state index is 9.47. The number of aliphatic hydroxyl groups excluding tert-OH is 2. The summed E-state index contributed by atoms with van der Waals surface area (Å²) >= 11 is 0. The number of hydrogen-bond donors (Lipinski definition) is 2. The first kappa shape index (κ1) is 9.36. The Balaban J connectivity index is 2.09. The van der Waals surface area contributed by atoms with Crippen LogP contribution in [0.3, 0.4) is 0 Å². The zero-order valence-electron chi connectivity index (χ0n) is 7.64. The zero-order chi connectivity index (χ0) is 9.64. The highest BCUT2D eigenvalue weighted by atomic mass is 16.8. The summed E-state index contributed by atoms with van der Waals surface area (Å²) in [5.41, 5.74) is 0. The van der Waals surface area contributed by atoms with Crippen LogP contribution in [0.2, 0.25) is 0 Å². The normalized spacial score (nSPS) is 48.9. The summed E-state index contributed by atoms with van der Waals surface area (Å²) < 4.78 is 15.8. The smallest absolute Gasteiger partial charge is 0.184 e. The quantitative estimate of drug-likeness (QED) is 0.524. The van der Waals surface area contributed by atoms with Crippen molar-refractivity contribution in [1.82, 2.24) is 0 Å². The summed E-state index contributed by atoms with van der Waals surface area (Å²) in [7, 11) is 0. The molecule has 0 bridgehead atoms. The van der Waals surface area contributed by atoms with E-state index in [0.717, 1.165) is 0 Å². The molecule has 0 radical (unpaired) electrons. The second-order valence-corrected chi connectivity index (χ2v) is 3.85. The van der Waals surface area contributed by atoms with Crippen molar-refractivity contribution in [2.24, 2.45) is 0 Å². The molecule has 2 aliphatic rings. The molecule has 0 spiro atoms. The van der Waals surface area contributed by atoms with Crippen molar-refractivity contribution >= 4 is 0 Å². The molecule has 0 amide bonds.